The molecule has 1 saturated heterocycles. The molecule has 1 amide bonds. The van der Waals surface area contributed by atoms with E-state index >= 15 is 0 Å². The lowest BCUT2D eigenvalue weighted by molar-refractivity contribution is -0.119. The van der Waals surface area contributed by atoms with Crippen molar-refractivity contribution in [1.82, 2.24) is 10.3 Å². The second-order valence-electron chi connectivity index (χ2n) is 4.45. The quantitative estimate of drug-likeness (QED) is 0.844. The van der Waals surface area contributed by atoms with Crippen LogP contribution in [0.1, 0.15) is 12.8 Å². The minimum Gasteiger partial charge on any atom is -0.301 e. The molecule has 5 heteroatoms. The summed E-state index contributed by atoms with van der Waals surface area (Å²) in [6.45, 7) is 1.18. The summed E-state index contributed by atoms with van der Waals surface area (Å²) in [7, 11) is 0. The fraction of sp³-hybridized carbons (Fsp3) is 0.455. The van der Waals surface area contributed by atoms with Crippen molar-refractivity contribution in [3.05, 3.63) is 22.8 Å². The highest BCUT2D eigenvalue weighted by Crippen LogP contribution is 2.38. The number of nitrogens with one attached hydrogen (secondary N) is 1. The van der Waals surface area contributed by atoms with Crippen molar-refractivity contribution in [2.75, 3.05) is 18.0 Å². The molecule has 0 radical (unpaired) electrons. The maximum atomic E-state index is 11.8. The number of aromatic nitrogens is 1. The molecule has 2 aliphatic rings. The zero-order chi connectivity index (χ0) is 11.2. The van der Waals surface area contributed by atoms with Gasteiger partial charge in [-0.1, -0.05) is 0 Å². The lowest BCUT2D eigenvalue weighted by Gasteiger charge is -2.33. The number of carbonyl (C=O) groups is 1. The lowest BCUT2D eigenvalue weighted by Crippen LogP contribution is -2.56. The molecule has 0 bridgehead atoms. The molecule has 4 nitrogen and oxygen atoms in total. The third-order valence-electron chi connectivity index (χ3n) is 3.22. The molecule has 1 spiro atoms. The maximum absolute atomic E-state index is 11.8. The number of halogens is 1. The first-order chi connectivity index (χ1) is 7.69. The molecule has 2 fully saturated rings. The number of amides is 1. The summed E-state index contributed by atoms with van der Waals surface area (Å²) in [6, 6.07) is 3.79. The molecule has 1 aliphatic carbocycles. The van der Waals surface area contributed by atoms with Crippen molar-refractivity contribution in [2.24, 2.45) is 0 Å². The number of pyridine rings is 1. The largest absolute Gasteiger partial charge is 0.301 e. The van der Waals surface area contributed by atoms with Gasteiger partial charge in [0.2, 0.25) is 5.91 Å². The van der Waals surface area contributed by atoms with Crippen molar-refractivity contribution >= 4 is 27.7 Å². The van der Waals surface area contributed by atoms with E-state index in [-0.39, 0.29) is 11.4 Å². The number of hydrogen-bond acceptors (Lipinski definition) is 3. The highest BCUT2D eigenvalue weighted by atomic mass is 79.9. The molecule has 0 aromatic carbocycles. The summed E-state index contributed by atoms with van der Waals surface area (Å²) in [5.41, 5.74) is 0.183. The van der Waals surface area contributed by atoms with Gasteiger partial charge in [-0.2, -0.15) is 0 Å². The van der Waals surface area contributed by atoms with Gasteiger partial charge in [-0.15, -0.1) is 0 Å². The van der Waals surface area contributed by atoms with Crippen LogP contribution in [0.5, 0.6) is 0 Å². The smallest absolute Gasteiger partial charge is 0.242 e. The fourth-order valence-electron chi connectivity index (χ4n) is 2.03. The summed E-state index contributed by atoms with van der Waals surface area (Å²) in [6.07, 6.45) is 4.05. The minimum absolute atomic E-state index is 0.104. The van der Waals surface area contributed by atoms with Crippen LogP contribution in [0.3, 0.4) is 0 Å². The van der Waals surface area contributed by atoms with Crippen LogP contribution in [0.2, 0.25) is 0 Å². The second kappa shape index (κ2) is 3.53. The van der Waals surface area contributed by atoms with E-state index in [4.69, 9.17) is 0 Å². The molecular formula is C11H12BrN3O. The first-order valence-corrected chi connectivity index (χ1v) is 6.15. The van der Waals surface area contributed by atoms with E-state index in [1.807, 2.05) is 12.1 Å². The fourth-order valence-corrected chi connectivity index (χ4v) is 2.26. The van der Waals surface area contributed by atoms with Crippen molar-refractivity contribution in [1.29, 1.82) is 0 Å². The van der Waals surface area contributed by atoms with E-state index in [1.165, 1.54) is 0 Å². The van der Waals surface area contributed by atoms with Crippen molar-refractivity contribution in [2.45, 2.75) is 18.4 Å². The third-order valence-corrected chi connectivity index (χ3v) is 3.69. The lowest BCUT2D eigenvalue weighted by atomic mass is 10.2. The molecule has 84 valence electrons. The Hall–Kier alpha value is -0.940. The first-order valence-electron chi connectivity index (χ1n) is 5.36. The molecule has 1 aromatic heterocycles. The van der Waals surface area contributed by atoms with Gasteiger partial charge >= 0.3 is 0 Å². The summed E-state index contributed by atoms with van der Waals surface area (Å²) >= 11 is 3.34. The highest BCUT2D eigenvalue weighted by molar-refractivity contribution is 9.10. The second-order valence-corrected chi connectivity index (χ2v) is 5.36. The molecule has 16 heavy (non-hydrogen) atoms. The normalized spacial score (nSPS) is 22.6. The molecule has 1 N–H and O–H groups in total. The predicted octanol–water partition coefficient (Wildman–Crippen LogP) is 1.31. The van der Waals surface area contributed by atoms with E-state index in [0.717, 1.165) is 29.7 Å². The number of carbonyl (C=O) groups excluding carboxylic acids is 1. The molecule has 0 atom stereocenters. The molecular weight excluding hydrogens is 270 g/mol. The molecule has 1 aromatic rings. The van der Waals surface area contributed by atoms with Crippen LogP contribution in [0.15, 0.2) is 22.8 Å². The summed E-state index contributed by atoms with van der Waals surface area (Å²) in [5.74, 6) is 0.855. The number of anilines is 1. The Balaban J connectivity index is 1.86. The van der Waals surface area contributed by atoms with E-state index in [0.29, 0.717) is 6.54 Å². The SMILES string of the molecule is O=C1CNC2(CC2)CN1c1ccc(Br)cn1. The Labute approximate surface area is 102 Å². The zero-order valence-corrected chi connectivity index (χ0v) is 10.3. The van der Waals surface area contributed by atoms with E-state index in [9.17, 15) is 4.79 Å². The predicted molar refractivity (Wildman–Crippen MR) is 64.3 cm³/mol. The average molecular weight is 282 g/mol. The Kier molecular flexibility index (Phi) is 2.26. The van der Waals surface area contributed by atoms with Gasteiger partial charge < -0.3 is 5.32 Å². The van der Waals surface area contributed by atoms with Crippen LogP contribution in [0, 0.1) is 0 Å². The number of hydrogen-bond donors (Lipinski definition) is 1. The molecule has 2 heterocycles. The topological polar surface area (TPSA) is 45.2 Å². The zero-order valence-electron chi connectivity index (χ0n) is 8.74. The van der Waals surface area contributed by atoms with Crippen LogP contribution < -0.4 is 10.2 Å². The van der Waals surface area contributed by atoms with E-state index in [1.54, 1.807) is 11.1 Å². The minimum atomic E-state index is 0.104. The monoisotopic (exact) mass is 281 g/mol. The molecule has 0 unspecified atom stereocenters. The average Bonchev–Trinajstić information content (AvgIpc) is 3.04. The van der Waals surface area contributed by atoms with Gasteiger partial charge in [-0.05, 0) is 40.9 Å². The van der Waals surface area contributed by atoms with Crippen molar-refractivity contribution < 1.29 is 4.79 Å². The van der Waals surface area contributed by atoms with Gasteiger partial charge in [0.15, 0.2) is 0 Å². The van der Waals surface area contributed by atoms with E-state index in [2.05, 4.69) is 26.2 Å². The highest BCUT2D eigenvalue weighted by Gasteiger charge is 2.48. The van der Waals surface area contributed by atoms with Gasteiger partial charge in [0.1, 0.15) is 5.82 Å². The van der Waals surface area contributed by atoms with Crippen LogP contribution in [-0.2, 0) is 4.79 Å². The Morgan fingerprint density at radius 3 is 2.88 bits per heavy atom. The standard InChI is InChI=1S/C11H12BrN3O/c12-8-1-2-9(13-5-8)15-7-11(3-4-11)14-6-10(15)16/h1-2,5,14H,3-4,6-7H2. The van der Waals surface area contributed by atoms with Crippen LogP contribution in [-0.4, -0.2) is 29.5 Å². The van der Waals surface area contributed by atoms with Crippen LogP contribution >= 0.6 is 15.9 Å². The Bertz CT molecular complexity index is 427. The number of nitrogens with zero attached hydrogens (tertiary/aromatic N) is 2. The van der Waals surface area contributed by atoms with Gasteiger partial charge in [-0.25, -0.2) is 4.98 Å². The summed E-state index contributed by atoms with van der Waals surface area (Å²) < 4.78 is 0.931. The summed E-state index contributed by atoms with van der Waals surface area (Å²) in [4.78, 5) is 17.9. The third kappa shape index (κ3) is 1.74. The molecule has 3 rings (SSSR count). The van der Waals surface area contributed by atoms with Crippen LogP contribution in [0.25, 0.3) is 0 Å². The van der Waals surface area contributed by atoms with Gasteiger partial charge in [-0.3, -0.25) is 9.69 Å². The van der Waals surface area contributed by atoms with Gasteiger partial charge in [0.05, 0.1) is 6.54 Å². The Morgan fingerprint density at radius 2 is 2.25 bits per heavy atom. The van der Waals surface area contributed by atoms with Gasteiger partial charge in [0.25, 0.3) is 0 Å². The molecule has 1 saturated carbocycles. The van der Waals surface area contributed by atoms with Crippen molar-refractivity contribution in [3.63, 3.8) is 0 Å². The van der Waals surface area contributed by atoms with Crippen LogP contribution in [0.4, 0.5) is 5.82 Å². The first kappa shape index (κ1) is 10.2. The molecule has 1 aliphatic heterocycles. The van der Waals surface area contributed by atoms with Gasteiger partial charge in [0, 0.05) is 22.8 Å². The number of piperazine rings is 1. The maximum Gasteiger partial charge on any atom is 0.242 e. The van der Waals surface area contributed by atoms with Crippen molar-refractivity contribution in [3.8, 4) is 0 Å². The van der Waals surface area contributed by atoms with E-state index < -0.39 is 0 Å². The summed E-state index contributed by atoms with van der Waals surface area (Å²) in [5, 5.41) is 3.30. The number of rotatable bonds is 1. The Morgan fingerprint density at radius 1 is 1.44 bits per heavy atom.